The number of hydrogen-bond donors (Lipinski definition) is 1. The second-order valence-electron chi connectivity index (χ2n) is 6.17. The molecule has 0 bridgehead atoms. The van der Waals surface area contributed by atoms with Gasteiger partial charge in [-0.1, -0.05) is 13.8 Å². The van der Waals surface area contributed by atoms with Crippen molar-refractivity contribution in [1.82, 2.24) is 0 Å². The number of benzene rings is 1. The van der Waals surface area contributed by atoms with Crippen molar-refractivity contribution in [3.63, 3.8) is 0 Å². The normalized spacial score (nSPS) is 10.6. The van der Waals surface area contributed by atoms with Crippen molar-refractivity contribution >= 4 is 23.5 Å². The predicted octanol–water partition coefficient (Wildman–Crippen LogP) is 3.17. The summed E-state index contributed by atoms with van der Waals surface area (Å²) >= 11 is 0. The van der Waals surface area contributed by atoms with Crippen LogP contribution in [0.3, 0.4) is 0 Å². The maximum atomic E-state index is 11.7. The van der Waals surface area contributed by atoms with Crippen LogP contribution in [-0.4, -0.2) is 30.6 Å². The lowest BCUT2D eigenvalue weighted by atomic mass is 10.1. The minimum absolute atomic E-state index is 0.192. The van der Waals surface area contributed by atoms with Crippen molar-refractivity contribution in [2.45, 2.75) is 46.6 Å². The number of esters is 2. The molecule has 0 saturated carbocycles. The Morgan fingerprint density at radius 3 is 2.21 bits per heavy atom. The highest BCUT2D eigenvalue weighted by molar-refractivity contribution is 5.94. The lowest BCUT2D eigenvalue weighted by molar-refractivity contribution is -0.147. The Kier molecular flexibility index (Phi) is 7.95. The molecule has 0 aliphatic carbocycles. The van der Waals surface area contributed by atoms with E-state index < -0.39 is 11.9 Å². The largest absolute Gasteiger partial charge is 0.459 e. The topological polar surface area (TPSA) is 81.7 Å². The third-order valence-corrected chi connectivity index (χ3v) is 3.04. The van der Waals surface area contributed by atoms with Gasteiger partial charge in [-0.05, 0) is 50.5 Å². The molecule has 1 N–H and O–H groups in total. The Bertz CT molecular complexity index is 563. The maximum absolute atomic E-state index is 11.7. The number of nitrogens with one attached hydrogen (secondary N) is 1. The molecule has 132 valence electrons. The highest BCUT2D eigenvalue weighted by Gasteiger charge is 2.11. The molecular weight excluding hydrogens is 310 g/mol. The zero-order chi connectivity index (χ0) is 18.1. The van der Waals surface area contributed by atoms with Gasteiger partial charge in [0.15, 0.2) is 6.61 Å². The van der Waals surface area contributed by atoms with Gasteiger partial charge >= 0.3 is 11.9 Å². The Labute approximate surface area is 142 Å². The zero-order valence-electron chi connectivity index (χ0n) is 14.6. The SMILES string of the molecule is CC(C)CCC(=O)OCC(=O)Nc1ccc(C(=O)OC(C)C)cc1. The smallest absolute Gasteiger partial charge is 0.338 e. The summed E-state index contributed by atoms with van der Waals surface area (Å²) < 4.78 is 9.99. The lowest BCUT2D eigenvalue weighted by Crippen LogP contribution is -2.21. The van der Waals surface area contributed by atoms with E-state index in [1.165, 1.54) is 0 Å². The second kappa shape index (κ2) is 9.70. The van der Waals surface area contributed by atoms with Gasteiger partial charge in [0.1, 0.15) is 0 Å². The standard InChI is InChI=1S/C18H25NO5/c1-12(2)5-10-17(21)23-11-16(20)19-15-8-6-14(7-9-15)18(22)24-13(3)4/h6-9,12-13H,5,10-11H2,1-4H3,(H,19,20). The zero-order valence-corrected chi connectivity index (χ0v) is 14.6. The summed E-state index contributed by atoms with van der Waals surface area (Å²) in [6, 6.07) is 6.31. The van der Waals surface area contributed by atoms with Crippen LogP contribution in [-0.2, 0) is 19.1 Å². The molecule has 1 aromatic rings. The first-order chi connectivity index (χ1) is 11.3. The Morgan fingerprint density at radius 2 is 1.67 bits per heavy atom. The van der Waals surface area contributed by atoms with E-state index in [1.807, 2.05) is 13.8 Å². The molecular formula is C18H25NO5. The molecule has 0 heterocycles. The molecule has 0 aliphatic heterocycles. The number of hydrogen-bond acceptors (Lipinski definition) is 5. The first-order valence-electron chi connectivity index (χ1n) is 8.04. The Morgan fingerprint density at radius 1 is 1.04 bits per heavy atom. The fourth-order valence-electron chi connectivity index (χ4n) is 1.79. The number of amides is 1. The molecule has 24 heavy (non-hydrogen) atoms. The Balaban J connectivity index is 2.42. The molecule has 0 aliphatic rings. The molecule has 1 rings (SSSR count). The summed E-state index contributed by atoms with van der Waals surface area (Å²) in [6.07, 6.45) is 0.841. The van der Waals surface area contributed by atoms with Crippen molar-refractivity contribution in [3.8, 4) is 0 Å². The van der Waals surface area contributed by atoms with E-state index in [4.69, 9.17) is 9.47 Å². The van der Waals surface area contributed by atoms with Crippen LogP contribution in [0.2, 0.25) is 0 Å². The first-order valence-corrected chi connectivity index (χ1v) is 8.04. The van der Waals surface area contributed by atoms with Gasteiger partial charge in [0.05, 0.1) is 11.7 Å². The van der Waals surface area contributed by atoms with Gasteiger partial charge in [0.25, 0.3) is 5.91 Å². The number of rotatable bonds is 8. The average molecular weight is 335 g/mol. The van der Waals surface area contributed by atoms with Crippen LogP contribution in [0, 0.1) is 5.92 Å². The van der Waals surface area contributed by atoms with E-state index in [1.54, 1.807) is 38.1 Å². The van der Waals surface area contributed by atoms with Gasteiger partial charge < -0.3 is 14.8 Å². The van der Waals surface area contributed by atoms with Crippen molar-refractivity contribution in [1.29, 1.82) is 0 Å². The van der Waals surface area contributed by atoms with E-state index >= 15 is 0 Å². The van der Waals surface area contributed by atoms with E-state index in [2.05, 4.69) is 5.32 Å². The van der Waals surface area contributed by atoms with E-state index in [0.717, 1.165) is 6.42 Å². The summed E-state index contributed by atoms with van der Waals surface area (Å²) in [5.41, 5.74) is 0.918. The molecule has 0 saturated heterocycles. The van der Waals surface area contributed by atoms with Crippen LogP contribution in [0.4, 0.5) is 5.69 Å². The van der Waals surface area contributed by atoms with Gasteiger partial charge in [0, 0.05) is 12.1 Å². The summed E-state index contributed by atoms with van der Waals surface area (Å²) in [4.78, 5) is 34.9. The van der Waals surface area contributed by atoms with Gasteiger partial charge in [-0.3, -0.25) is 9.59 Å². The molecule has 0 atom stereocenters. The number of carbonyl (C=O) groups excluding carboxylic acids is 3. The highest BCUT2D eigenvalue weighted by atomic mass is 16.5. The molecule has 0 spiro atoms. The minimum atomic E-state index is -0.426. The fourth-order valence-corrected chi connectivity index (χ4v) is 1.79. The predicted molar refractivity (Wildman–Crippen MR) is 90.7 cm³/mol. The van der Waals surface area contributed by atoms with Gasteiger partial charge in [0.2, 0.25) is 0 Å². The van der Waals surface area contributed by atoms with Crippen molar-refractivity contribution < 1.29 is 23.9 Å². The number of ether oxygens (including phenoxy) is 2. The monoisotopic (exact) mass is 335 g/mol. The molecule has 0 fully saturated rings. The molecule has 0 radical (unpaired) electrons. The van der Waals surface area contributed by atoms with Gasteiger partial charge in [-0.25, -0.2) is 4.79 Å². The lowest BCUT2D eigenvalue weighted by Gasteiger charge is -2.09. The number of anilines is 1. The molecule has 1 amide bonds. The summed E-state index contributed by atoms with van der Waals surface area (Å²) in [7, 11) is 0. The molecule has 0 unspecified atom stereocenters. The van der Waals surface area contributed by atoms with Crippen LogP contribution in [0.15, 0.2) is 24.3 Å². The van der Waals surface area contributed by atoms with Gasteiger partial charge in [-0.2, -0.15) is 0 Å². The van der Waals surface area contributed by atoms with Crippen molar-refractivity contribution in [2.24, 2.45) is 5.92 Å². The summed E-state index contributed by atoms with van der Waals surface area (Å²) in [5, 5.41) is 2.60. The first kappa shape index (κ1) is 19.7. The van der Waals surface area contributed by atoms with E-state index in [9.17, 15) is 14.4 Å². The van der Waals surface area contributed by atoms with Crippen molar-refractivity contribution in [3.05, 3.63) is 29.8 Å². The van der Waals surface area contributed by atoms with E-state index in [0.29, 0.717) is 23.6 Å². The summed E-state index contributed by atoms with van der Waals surface area (Å²) in [5.74, 6) is -0.815. The number of carbonyl (C=O) groups is 3. The quantitative estimate of drug-likeness (QED) is 0.738. The van der Waals surface area contributed by atoms with Crippen molar-refractivity contribution in [2.75, 3.05) is 11.9 Å². The van der Waals surface area contributed by atoms with Crippen LogP contribution >= 0.6 is 0 Å². The van der Waals surface area contributed by atoms with Crippen LogP contribution < -0.4 is 5.32 Å². The van der Waals surface area contributed by atoms with Crippen LogP contribution in [0.5, 0.6) is 0 Å². The average Bonchev–Trinajstić information content (AvgIpc) is 2.51. The molecule has 0 aromatic heterocycles. The molecule has 6 heteroatoms. The Hall–Kier alpha value is -2.37. The fraction of sp³-hybridized carbons (Fsp3) is 0.500. The molecule has 6 nitrogen and oxygen atoms in total. The highest BCUT2D eigenvalue weighted by Crippen LogP contribution is 2.11. The van der Waals surface area contributed by atoms with E-state index in [-0.39, 0.29) is 18.7 Å². The summed E-state index contributed by atoms with van der Waals surface area (Å²) in [6.45, 7) is 7.25. The molecule has 1 aromatic carbocycles. The second-order valence-corrected chi connectivity index (χ2v) is 6.17. The maximum Gasteiger partial charge on any atom is 0.338 e. The third-order valence-electron chi connectivity index (χ3n) is 3.04. The minimum Gasteiger partial charge on any atom is -0.459 e. The third kappa shape index (κ3) is 7.76. The van der Waals surface area contributed by atoms with Crippen LogP contribution in [0.25, 0.3) is 0 Å². The van der Waals surface area contributed by atoms with Crippen LogP contribution in [0.1, 0.15) is 50.9 Å². The van der Waals surface area contributed by atoms with Gasteiger partial charge in [-0.15, -0.1) is 0 Å².